The van der Waals surface area contributed by atoms with Gasteiger partial charge in [-0.2, -0.15) is 0 Å². The minimum atomic E-state index is -0.485. The number of halogens is 2. The van der Waals surface area contributed by atoms with Gasteiger partial charge in [0.2, 0.25) is 0 Å². The molecule has 0 spiro atoms. The summed E-state index contributed by atoms with van der Waals surface area (Å²) in [6, 6.07) is 8.71. The van der Waals surface area contributed by atoms with Crippen molar-refractivity contribution in [1.82, 2.24) is 10.3 Å². The predicted molar refractivity (Wildman–Crippen MR) is 86.5 cm³/mol. The van der Waals surface area contributed by atoms with Crippen molar-refractivity contribution in [3.8, 4) is 0 Å². The van der Waals surface area contributed by atoms with Crippen LogP contribution in [0.2, 0.25) is 0 Å². The van der Waals surface area contributed by atoms with Gasteiger partial charge in [-0.15, -0.1) is 0 Å². The molecule has 3 rings (SSSR count). The average molecular weight is 330 g/mol. The Morgan fingerprint density at radius 2 is 2.00 bits per heavy atom. The van der Waals surface area contributed by atoms with E-state index in [1.807, 2.05) is 0 Å². The van der Waals surface area contributed by atoms with Crippen molar-refractivity contribution in [1.29, 1.82) is 0 Å². The summed E-state index contributed by atoms with van der Waals surface area (Å²) in [6.07, 6.45) is 0. The molecule has 1 amide bonds. The van der Waals surface area contributed by atoms with Gasteiger partial charge in [0.15, 0.2) is 0 Å². The number of carbonyl (C=O) groups is 1. The van der Waals surface area contributed by atoms with Crippen LogP contribution in [0.3, 0.4) is 0 Å². The summed E-state index contributed by atoms with van der Waals surface area (Å²) in [5, 5.41) is 12.6. The lowest BCUT2D eigenvalue weighted by Gasteiger charge is -2.06. The fourth-order valence-corrected chi connectivity index (χ4v) is 2.63. The monoisotopic (exact) mass is 330 g/mol. The maximum Gasteiger partial charge on any atom is 0.267 e. The number of H-pyrrole nitrogens is 1. The molecule has 124 valence electrons. The lowest BCUT2D eigenvalue weighted by atomic mass is 10.1. The number of amides is 1. The Morgan fingerprint density at radius 3 is 2.75 bits per heavy atom. The van der Waals surface area contributed by atoms with Gasteiger partial charge in [-0.05, 0) is 48.4 Å². The molecule has 0 aliphatic rings. The zero-order valence-electron chi connectivity index (χ0n) is 13.0. The van der Waals surface area contributed by atoms with Gasteiger partial charge in [-0.25, -0.2) is 8.78 Å². The normalized spacial score (nSPS) is 11.0. The highest BCUT2D eigenvalue weighted by atomic mass is 19.1. The standard InChI is InChI=1S/C18H16F2N2O2/c1-10-4-13(19)6-16-14(10)7-17(22-16)18(24)21-8-11-2-3-15(20)12(5-11)9-23/h2-7,22-23H,8-9H2,1H3,(H,21,24). The van der Waals surface area contributed by atoms with E-state index in [1.54, 1.807) is 19.1 Å². The molecular formula is C18H16F2N2O2. The Balaban J connectivity index is 1.77. The first-order valence-electron chi connectivity index (χ1n) is 7.43. The SMILES string of the molecule is Cc1cc(F)cc2[nH]c(C(=O)NCc3ccc(F)c(CO)c3)cc12. The molecule has 0 aliphatic carbocycles. The highest BCUT2D eigenvalue weighted by Crippen LogP contribution is 2.21. The zero-order chi connectivity index (χ0) is 17.3. The van der Waals surface area contributed by atoms with E-state index in [1.165, 1.54) is 24.3 Å². The number of benzene rings is 2. The third kappa shape index (κ3) is 3.14. The van der Waals surface area contributed by atoms with E-state index in [2.05, 4.69) is 10.3 Å². The summed E-state index contributed by atoms with van der Waals surface area (Å²) >= 11 is 0. The molecule has 0 atom stereocenters. The number of hydrogen-bond acceptors (Lipinski definition) is 2. The lowest BCUT2D eigenvalue weighted by Crippen LogP contribution is -2.23. The van der Waals surface area contributed by atoms with E-state index in [0.717, 1.165) is 10.9 Å². The molecule has 0 unspecified atom stereocenters. The van der Waals surface area contributed by atoms with Crippen molar-refractivity contribution in [2.45, 2.75) is 20.1 Å². The number of aliphatic hydroxyl groups is 1. The van der Waals surface area contributed by atoms with Gasteiger partial charge in [0.25, 0.3) is 5.91 Å². The largest absolute Gasteiger partial charge is 0.392 e. The van der Waals surface area contributed by atoms with Crippen LogP contribution in [0.5, 0.6) is 0 Å². The Kier molecular flexibility index (Phi) is 4.31. The number of rotatable bonds is 4. The summed E-state index contributed by atoms with van der Waals surface area (Å²) in [5.41, 5.74) is 2.47. The van der Waals surface area contributed by atoms with Crippen LogP contribution >= 0.6 is 0 Å². The Bertz CT molecular complexity index is 919. The van der Waals surface area contributed by atoms with Crippen LogP contribution in [0, 0.1) is 18.6 Å². The van der Waals surface area contributed by atoms with Crippen molar-refractivity contribution < 1.29 is 18.7 Å². The van der Waals surface area contributed by atoms with Crippen molar-refractivity contribution in [2.75, 3.05) is 0 Å². The number of carbonyl (C=O) groups excluding carboxylic acids is 1. The van der Waals surface area contributed by atoms with Crippen molar-refractivity contribution in [2.24, 2.45) is 0 Å². The minimum Gasteiger partial charge on any atom is -0.392 e. The maximum atomic E-state index is 13.4. The smallest absolute Gasteiger partial charge is 0.267 e. The summed E-state index contributed by atoms with van der Waals surface area (Å²) in [5.74, 6) is -1.20. The highest BCUT2D eigenvalue weighted by molar-refractivity contribution is 5.98. The maximum absolute atomic E-state index is 13.4. The molecule has 0 aliphatic heterocycles. The van der Waals surface area contributed by atoms with Gasteiger partial charge < -0.3 is 15.4 Å². The molecule has 0 saturated carbocycles. The van der Waals surface area contributed by atoms with Crippen LogP contribution in [0.25, 0.3) is 10.9 Å². The molecular weight excluding hydrogens is 314 g/mol. The van der Waals surface area contributed by atoms with Crippen LogP contribution in [0.1, 0.15) is 27.2 Å². The Hall–Kier alpha value is -2.73. The van der Waals surface area contributed by atoms with Crippen LogP contribution in [-0.4, -0.2) is 16.0 Å². The van der Waals surface area contributed by atoms with E-state index >= 15 is 0 Å². The minimum absolute atomic E-state index is 0.179. The summed E-state index contributed by atoms with van der Waals surface area (Å²) in [4.78, 5) is 15.1. The molecule has 4 nitrogen and oxygen atoms in total. The first kappa shape index (κ1) is 16.1. The number of aliphatic hydroxyl groups excluding tert-OH is 1. The van der Waals surface area contributed by atoms with E-state index in [-0.39, 0.29) is 23.8 Å². The third-order valence-electron chi connectivity index (χ3n) is 3.89. The first-order chi connectivity index (χ1) is 11.5. The number of nitrogens with one attached hydrogen (secondary N) is 2. The van der Waals surface area contributed by atoms with E-state index < -0.39 is 12.4 Å². The van der Waals surface area contributed by atoms with E-state index in [0.29, 0.717) is 16.8 Å². The number of aryl methyl sites for hydroxylation is 1. The van der Waals surface area contributed by atoms with Crippen LogP contribution in [0.4, 0.5) is 8.78 Å². The molecule has 0 bridgehead atoms. The molecule has 6 heteroatoms. The van der Waals surface area contributed by atoms with E-state index in [9.17, 15) is 13.6 Å². The van der Waals surface area contributed by atoms with E-state index in [4.69, 9.17) is 5.11 Å². The van der Waals surface area contributed by atoms with Crippen molar-refractivity contribution >= 4 is 16.8 Å². The highest BCUT2D eigenvalue weighted by Gasteiger charge is 2.12. The zero-order valence-corrected chi connectivity index (χ0v) is 13.0. The molecule has 3 aromatic rings. The molecule has 0 fully saturated rings. The molecule has 2 aromatic carbocycles. The number of aromatic nitrogens is 1. The van der Waals surface area contributed by atoms with Gasteiger partial charge in [0.1, 0.15) is 17.3 Å². The summed E-state index contributed by atoms with van der Waals surface area (Å²) in [6.45, 7) is 1.56. The fourth-order valence-electron chi connectivity index (χ4n) is 2.63. The second kappa shape index (κ2) is 6.41. The molecule has 1 heterocycles. The molecule has 0 radical (unpaired) electrons. The van der Waals surface area contributed by atoms with Crippen LogP contribution in [0.15, 0.2) is 36.4 Å². The van der Waals surface area contributed by atoms with Crippen molar-refractivity contribution in [3.63, 3.8) is 0 Å². The predicted octanol–water partition coefficient (Wildman–Crippen LogP) is 3.18. The van der Waals surface area contributed by atoms with Gasteiger partial charge >= 0.3 is 0 Å². The number of fused-ring (bicyclic) bond motifs is 1. The van der Waals surface area contributed by atoms with Crippen LogP contribution in [-0.2, 0) is 13.2 Å². The third-order valence-corrected chi connectivity index (χ3v) is 3.89. The van der Waals surface area contributed by atoms with Crippen molar-refractivity contribution in [3.05, 3.63) is 70.4 Å². The summed E-state index contributed by atoms with van der Waals surface area (Å²) in [7, 11) is 0. The molecule has 3 N–H and O–H groups in total. The second-order valence-electron chi connectivity index (χ2n) is 5.63. The summed E-state index contributed by atoms with van der Waals surface area (Å²) < 4.78 is 26.7. The van der Waals surface area contributed by atoms with Gasteiger partial charge in [0.05, 0.1) is 6.61 Å². The quantitative estimate of drug-likeness (QED) is 0.688. The Labute approximate surface area is 137 Å². The molecule has 24 heavy (non-hydrogen) atoms. The van der Waals surface area contributed by atoms with Gasteiger partial charge in [-0.1, -0.05) is 6.07 Å². The van der Waals surface area contributed by atoms with Gasteiger partial charge in [-0.3, -0.25) is 4.79 Å². The van der Waals surface area contributed by atoms with Crippen LogP contribution < -0.4 is 5.32 Å². The number of aromatic amines is 1. The lowest BCUT2D eigenvalue weighted by molar-refractivity contribution is 0.0946. The molecule has 1 aromatic heterocycles. The second-order valence-corrected chi connectivity index (χ2v) is 5.63. The van der Waals surface area contributed by atoms with Gasteiger partial charge in [0, 0.05) is 23.0 Å². The molecule has 0 saturated heterocycles. The Morgan fingerprint density at radius 1 is 1.21 bits per heavy atom. The topological polar surface area (TPSA) is 65.1 Å². The number of hydrogen-bond donors (Lipinski definition) is 3. The fraction of sp³-hybridized carbons (Fsp3) is 0.167. The average Bonchev–Trinajstić information content (AvgIpc) is 2.98. The first-order valence-corrected chi connectivity index (χ1v) is 7.43.